The fourth-order valence-electron chi connectivity index (χ4n) is 7.62. The largest absolute Gasteiger partial charge is 0.497 e. The first kappa shape index (κ1) is 42.7. The molecule has 5 atom stereocenters. The molecule has 4 amide bonds. The Bertz CT molecular complexity index is 2270. The van der Waals surface area contributed by atoms with Gasteiger partial charge in [0.25, 0.3) is 5.91 Å². The van der Waals surface area contributed by atoms with Gasteiger partial charge in [0.1, 0.15) is 35.1 Å². The van der Waals surface area contributed by atoms with Crippen LogP contribution in [0.3, 0.4) is 0 Å². The van der Waals surface area contributed by atoms with Crippen molar-refractivity contribution < 1.29 is 46.5 Å². The highest BCUT2D eigenvalue weighted by Gasteiger charge is 2.62. The number of nitrogens with zero attached hydrogens (tertiary/aromatic N) is 3. The molecule has 16 nitrogen and oxygen atoms in total. The predicted octanol–water partition coefficient (Wildman–Crippen LogP) is 4.07. The average Bonchev–Trinajstić information content (AvgIpc) is 4.12. The van der Waals surface area contributed by atoms with Crippen LogP contribution in [0.4, 0.5) is 10.5 Å². The molecule has 2 unspecified atom stereocenters. The normalized spacial score (nSPS) is 25.4. The minimum Gasteiger partial charge on any atom is -0.497 e. The second kappa shape index (κ2) is 16.9. The molecule has 0 radical (unpaired) electrons. The van der Waals surface area contributed by atoms with E-state index in [1.54, 1.807) is 40.0 Å². The van der Waals surface area contributed by atoms with Crippen molar-refractivity contribution >= 4 is 50.3 Å². The number of aromatic nitrogens is 1. The van der Waals surface area contributed by atoms with E-state index >= 15 is 0 Å². The van der Waals surface area contributed by atoms with E-state index in [0.29, 0.717) is 36.1 Å². The maximum Gasteiger partial charge on any atom is 0.408 e. The first-order chi connectivity index (χ1) is 28.5. The van der Waals surface area contributed by atoms with Crippen molar-refractivity contribution in [2.45, 2.75) is 93.9 Å². The third-order valence-corrected chi connectivity index (χ3v) is 12.9. The van der Waals surface area contributed by atoms with E-state index in [9.17, 15) is 27.6 Å². The Balaban J connectivity index is 1.23. The molecule has 0 spiro atoms. The van der Waals surface area contributed by atoms with Gasteiger partial charge in [-0.05, 0) is 88.2 Å². The Labute approximate surface area is 350 Å². The number of alkyl carbamates (subject to hydrolysis) is 1. The molecule has 7 rings (SSSR count). The zero-order valence-electron chi connectivity index (χ0n) is 34.9. The van der Waals surface area contributed by atoms with E-state index in [0.717, 1.165) is 16.6 Å². The highest BCUT2D eigenvalue weighted by molar-refractivity contribution is 7.91. The van der Waals surface area contributed by atoms with E-state index in [1.165, 1.54) is 4.90 Å². The molecule has 3 aromatic rings. The van der Waals surface area contributed by atoms with E-state index < -0.39 is 74.3 Å². The molecule has 4 aliphatic rings. The Morgan fingerprint density at radius 3 is 2.47 bits per heavy atom. The molecule has 3 N–H and O–H groups in total. The summed E-state index contributed by atoms with van der Waals surface area (Å²) in [5.41, 5.74) is 0.0592. The van der Waals surface area contributed by atoms with Crippen LogP contribution >= 0.6 is 0 Å². The number of ether oxygens (including phenoxy) is 4. The Hall–Kier alpha value is -5.42. The van der Waals surface area contributed by atoms with E-state index in [2.05, 4.69) is 15.4 Å². The maximum absolute atomic E-state index is 14.6. The molecule has 1 saturated heterocycles. The first-order valence-corrected chi connectivity index (χ1v) is 21.9. The number of sulfonamides is 1. The fourth-order valence-corrected chi connectivity index (χ4v) is 8.99. The van der Waals surface area contributed by atoms with Gasteiger partial charge in [0.15, 0.2) is 0 Å². The van der Waals surface area contributed by atoms with Crippen molar-refractivity contribution in [3.05, 3.63) is 60.7 Å². The van der Waals surface area contributed by atoms with Crippen LogP contribution in [0, 0.1) is 5.92 Å². The van der Waals surface area contributed by atoms with Crippen LogP contribution in [0.15, 0.2) is 60.7 Å². The molecule has 2 aliphatic heterocycles. The van der Waals surface area contributed by atoms with Gasteiger partial charge < -0.3 is 39.4 Å². The minimum absolute atomic E-state index is 0.00705. The topological polar surface area (TPSA) is 195 Å². The summed E-state index contributed by atoms with van der Waals surface area (Å²) in [5.74, 6) is -1.67. The summed E-state index contributed by atoms with van der Waals surface area (Å²) in [6, 6.07) is 13.0. The molecule has 2 aromatic carbocycles. The number of fused-ring (bicyclic) bond motifs is 3. The highest BCUT2D eigenvalue weighted by Crippen LogP contribution is 2.46. The first-order valence-electron chi connectivity index (χ1n) is 20.3. The quantitative estimate of drug-likeness (QED) is 0.262. The smallest absolute Gasteiger partial charge is 0.408 e. The van der Waals surface area contributed by atoms with Crippen LogP contribution in [-0.4, -0.2) is 118 Å². The number of hydrogen-bond donors (Lipinski definition) is 3. The molecular weight excluding hydrogens is 793 g/mol. The third-order valence-electron chi connectivity index (χ3n) is 11.1. The van der Waals surface area contributed by atoms with Gasteiger partial charge in [0.05, 0.1) is 31.2 Å². The summed E-state index contributed by atoms with van der Waals surface area (Å²) >= 11 is 0. The Kier molecular flexibility index (Phi) is 12.0. The van der Waals surface area contributed by atoms with Gasteiger partial charge in [-0.1, -0.05) is 24.3 Å². The van der Waals surface area contributed by atoms with E-state index in [-0.39, 0.29) is 44.9 Å². The summed E-state index contributed by atoms with van der Waals surface area (Å²) in [6.07, 6.45) is 3.62. The minimum atomic E-state index is -3.93. The van der Waals surface area contributed by atoms with Crippen molar-refractivity contribution in [2.24, 2.45) is 5.92 Å². The summed E-state index contributed by atoms with van der Waals surface area (Å²) in [4.78, 5) is 64.4. The lowest BCUT2D eigenvalue weighted by molar-refractivity contribution is -0.141. The van der Waals surface area contributed by atoms with Crippen LogP contribution in [-0.2, 0) is 33.9 Å². The lowest BCUT2D eigenvalue weighted by atomic mass is 10.1. The number of amides is 4. The van der Waals surface area contributed by atoms with Gasteiger partial charge >= 0.3 is 6.09 Å². The predicted molar refractivity (Wildman–Crippen MR) is 224 cm³/mol. The lowest BCUT2D eigenvalue weighted by Gasteiger charge is -2.30. The number of methoxy groups -OCH3 is 1. The zero-order chi connectivity index (χ0) is 43.0. The molecule has 3 heterocycles. The second-order valence-corrected chi connectivity index (χ2v) is 19.0. The number of pyridine rings is 1. The van der Waals surface area contributed by atoms with Crippen molar-refractivity contribution in [1.82, 2.24) is 25.2 Å². The van der Waals surface area contributed by atoms with Gasteiger partial charge in [0.2, 0.25) is 27.7 Å². The van der Waals surface area contributed by atoms with Gasteiger partial charge in [-0.3, -0.25) is 19.1 Å². The fraction of sp³-hybridized carbons (Fsp3) is 0.512. The van der Waals surface area contributed by atoms with Crippen LogP contribution in [0.25, 0.3) is 22.0 Å². The molecule has 17 heteroatoms. The molecule has 3 fully saturated rings. The number of benzene rings is 2. The van der Waals surface area contributed by atoms with E-state index in [1.807, 2.05) is 67.5 Å². The molecule has 0 bridgehead atoms. The molecule has 60 heavy (non-hydrogen) atoms. The molecular formula is C43H54N6O10S. The number of carbonyl (C=O) groups is 4. The summed E-state index contributed by atoms with van der Waals surface area (Å²) < 4.78 is 51.6. The van der Waals surface area contributed by atoms with Crippen molar-refractivity contribution in [3.8, 4) is 22.9 Å². The lowest BCUT2D eigenvalue weighted by Crippen LogP contribution is -2.58. The zero-order valence-corrected chi connectivity index (χ0v) is 35.7. The number of carbonyl (C=O) groups excluding carboxylic acids is 4. The monoisotopic (exact) mass is 846 g/mol. The van der Waals surface area contributed by atoms with Crippen molar-refractivity contribution in [3.63, 3.8) is 0 Å². The number of anilines is 1. The van der Waals surface area contributed by atoms with Crippen molar-refractivity contribution in [1.29, 1.82) is 0 Å². The van der Waals surface area contributed by atoms with E-state index in [4.69, 9.17) is 23.9 Å². The standard InChI is InChI=1S/C43H54N6O10S/c1-42(2,3)59-41(53)45-34-18-20-57-19-8-7-9-28-24-43(28,40(52)47-60(54,55)32-15-16-32)46-37(50)36-23-31(25-49(36)39(34)51)58-38-33-17-14-30(56-6)21-27(33)22-35(44-38)26-10-12-29(13-11-26)48(4)5/h7,9-14,17,21-22,28,31-32,34,36H,8,15-16,18-20,23-25H2,1-6H3,(H,45,53)(H,46,50)(H,47,52)/b9-7-/t28?,31?,34-,36-,43+/m0/s1. The molecule has 2 aliphatic carbocycles. The number of nitrogens with one attached hydrogen (secondary N) is 3. The summed E-state index contributed by atoms with van der Waals surface area (Å²) in [7, 11) is 1.57. The Morgan fingerprint density at radius 1 is 1.03 bits per heavy atom. The number of rotatable bonds is 9. The summed E-state index contributed by atoms with van der Waals surface area (Å²) in [6.45, 7) is 5.44. The van der Waals surface area contributed by atoms with Crippen LogP contribution in [0.5, 0.6) is 11.6 Å². The number of hydrogen-bond acceptors (Lipinski definition) is 12. The van der Waals surface area contributed by atoms with Gasteiger partial charge in [-0.15, -0.1) is 0 Å². The molecule has 2 saturated carbocycles. The SMILES string of the molecule is COc1ccc2c(OC3C[C@H]4C(=O)N[C@]5(C(=O)NS(=O)(=O)C6CC6)CC5/C=C\CCOCC[C@H](NC(=O)OC(C)(C)C)C(=O)N4C3)nc(-c3ccc(N(C)C)cc3)cc2c1. The molecule has 1 aromatic heterocycles. The van der Waals surface area contributed by atoms with Gasteiger partial charge in [0, 0.05) is 56.1 Å². The Morgan fingerprint density at radius 2 is 1.78 bits per heavy atom. The second-order valence-electron chi connectivity index (χ2n) is 17.1. The van der Waals surface area contributed by atoms with Crippen LogP contribution in [0.2, 0.25) is 0 Å². The average molecular weight is 847 g/mol. The maximum atomic E-state index is 14.6. The van der Waals surface area contributed by atoms with Gasteiger partial charge in [-0.2, -0.15) is 0 Å². The summed E-state index contributed by atoms with van der Waals surface area (Å²) in [5, 5.41) is 6.37. The van der Waals surface area contributed by atoms with Crippen LogP contribution < -0.4 is 29.7 Å². The highest BCUT2D eigenvalue weighted by atomic mass is 32.2. The third kappa shape index (κ3) is 9.62. The van der Waals surface area contributed by atoms with Crippen molar-refractivity contribution in [2.75, 3.05) is 45.9 Å². The van der Waals surface area contributed by atoms with Crippen LogP contribution in [0.1, 0.15) is 59.3 Å². The molecule has 322 valence electrons. The van der Waals surface area contributed by atoms with Gasteiger partial charge in [-0.25, -0.2) is 18.2 Å².